The maximum absolute atomic E-state index is 11.8. The van der Waals surface area contributed by atoms with E-state index in [2.05, 4.69) is 11.9 Å². The fourth-order valence-corrected chi connectivity index (χ4v) is 2.19. The summed E-state index contributed by atoms with van der Waals surface area (Å²) in [6.07, 6.45) is 3.96. The minimum atomic E-state index is 0.0965. The average molecular weight is 215 g/mol. The zero-order valence-electron chi connectivity index (χ0n) is 9.41. The number of nitrogens with one attached hydrogen (secondary N) is 1. The normalized spacial score (nSPS) is 19.8. The Morgan fingerprint density at radius 2 is 2.12 bits per heavy atom. The predicted octanol–water partition coefficient (Wildman–Crippen LogP) is 3.37. The van der Waals surface area contributed by atoms with E-state index in [1.807, 2.05) is 30.3 Å². The summed E-state index contributed by atoms with van der Waals surface area (Å²) >= 11 is 0. The van der Waals surface area contributed by atoms with Crippen molar-refractivity contribution < 1.29 is 4.79 Å². The van der Waals surface area contributed by atoms with E-state index in [4.69, 9.17) is 0 Å². The minimum Gasteiger partial charge on any atom is -0.326 e. The average Bonchev–Trinajstić information content (AvgIpc) is 2.66. The molecule has 1 unspecified atom stereocenters. The topological polar surface area (TPSA) is 29.1 Å². The van der Waals surface area contributed by atoms with Crippen LogP contribution in [0.1, 0.15) is 25.7 Å². The number of amides is 1. The first kappa shape index (κ1) is 10.9. The Bertz CT molecular complexity index is 383. The fraction of sp³-hybridized carbons (Fsp3) is 0.357. The van der Waals surface area contributed by atoms with E-state index in [0.29, 0.717) is 12.3 Å². The van der Waals surface area contributed by atoms with Crippen LogP contribution in [0.2, 0.25) is 0 Å². The van der Waals surface area contributed by atoms with E-state index in [-0.39, 0.29) is 5.91 Å². The number of hydrogen-bond acceptors (Lipinski definition) is 1. The zero-order chi connectivity index (χ0) is 11.4. The summed E-state index contributed by atoms with van der Waals surface area (Å²) in [5.74, 6) is 0.489. The summed E-state index contributed by atoms with van der Waals surface area (Å²) in [7, 11) is 0. The molecule has 1 aliphatic rings. The van der Waals surface area contributed by atoms with Crippen LogP contribution in [0.5, 0.6) is 0 Å². The van der Waals surface area contributed by atoms with Gasteiger partial charge < -0.3 is 5.32 Å². The summed E-state index contributed by atoms with van der Waals surface area (Å²) in [4.78, 5) is 11.8. The molecule has 0 heterocycles. The maximum Gasteiger partial charge on any atom is 0.224 e. The molecule has 1 amide bonds. The fourth-order valence-electron chi connectivity index (χ4n) is 2.19. The molecular formula is C14H17NO. The number of anilines is 1. The number of carbonyl (C=O) groups is 1. The summed E-state index contributed by atoms with van der Waals surface area (Å²) < 4.78 is 0. The number of rotatable bonds is 3. The quantitative estimate of drug-likeness (QED) is 0.769. The van der Waals surface area contributed by atoms with Crippen LogP contribution in [0.4, 0.5) is 5.69 Å². The van der Waals surface area contributed by atoms with E-state index in [9.17, 15) is 4.79 Å². The Hall–Kier alpha value is -1.57. The van der Waals surface area contributed by atoms with E-state index in [1.54, 1.807) is 0 Å². The molecule has 16 heavy (non-hydrogen) atoms. The van der Waals surface area contributed by atoms with Gasteiger partial charge in [-0.3, -0.25) is 4.79 Å². The van der Waals surface area contributed by atoms with Gasteiger partial charge in [-0.2, -0.15) is 0 Å². The molecule has 1 saturated carbocycles. The van der Waals surface area contributed by atoms with Gasteiger partial charge in [-0.1, -0.05) is 30.4 Å². The molecule has 1 aliphatic carbocycles. The van der Waals surface area contributed by atoms with Gasteiger partial charge in [-0.25, -0.2) is 0 Å². The molecule has 0 saturated heterocycles. The number of carbonyl (C=O) groups excluding carboxylic acids is 1. The lowest BCUT2D eigenvalue weighted by atomic mass is 10.00. The van der Waals surface area contributed by atoms with Gasteiger partial charge in [0, 0.05) is 12.1 Å². The van der Waals surface area contributed by atoms with Gasteiger partial charge in [0.1, 0.15) is 0 Å². The van der Waals surface area contributed by atoms with E-state index in [0.717, 1.165) is 18.5 Å². The number of hydrogen-bond donors (Lipinski definition) is 1. The molecule has 2 heteroatoms. The van der Waals surface area contributed by atoms with Crippen molar-refractivity contribution in [2.45, 2.75) is 25.7 Å². The van der Waals surface area contributed by atoms with Crippen LogP contribution in [0, 0.1) is 5.92 Å². The van der Waals surface area contributed by atoms with Gasteiger partial charge >= 0.3 is 0 Å². The third-order valence-electron chi connectivity index (χ3n) is 3.12. The van der Waals surface area contributed by atoms with Crippen molar-refractivity contribution in [1.29, 1.82) is 0 Å². The first-order valence-corrected chi connectivity index (χ1v) is 5.78. The maximum atomic E-state index is 11.8. The Labute approximate surface area is 96.4 Å². The Balaban J connectivity index is 1.87. The molecule has 2 rings (SSSR count). The van der Waals surface area contributed by atoms with E-state index in [1.165, 1.54) is 12.0 Å². The predicted molar refractivity (Wildman–Crippen MR) is 66.2 cm³/mol. The van der Waals surface area contributed by atoms with Crippen molar-refractivity contribution in [1.82, 2.24) is 0 Å². The number of para-hydroxylation sites is 1. The van der Waals surface area contributed by atoms with Crippen LogP contribution >= 0.6 is 0 Å². The molecule has 1 atom stereocenters. The van der Waals surface area contributed by atoms with Crippen molar-refractivity contribution in [3.8, 4) is 0 Å². The summed E-state index contributed by atoms with van der Waals surface area (Å²) in [5, 5.41) is 2.91. The molecular weight excluding hydrogens is 198 g/mol. The summed E-state index contributed by atoms with van der Waals surface area (Å²) in [5.41, 5.74) is 2.11. The summed E-state index contributed by atoms with van der Waals surface area (Å²) in [6, 6.07) is 9.59. The Morgan fingerprint density at radius 1 is 1.38 bits per heavy atom. The smallest absolute Gasteiger partial charge is 0.224 e. The monoisotopic (exact) mass is 215 g/mol. The lowest BCUT2D eigenvalue weighted by molar-refractivity contribution is -0.116. The molecule has 0 aromatic heterocycles. The van der Waals surface area contributed by atoms with Gasteiger partial charge in [0.05, 0.1) is 0 Å². The molecule has 0 radical (unpaired) electrons. The van der Waals surface area contributed by atoms with Gasteiger partial charge in [0.25, 0.3) is 0 Å². The van der Waals surface area contributed by atoms with Gasteiger partial charge in [0.2, 0.25) is 5.91 Å². The summed E-state index contributed by atoms with van der Waals surface area (Å²) in [6.45, 7) is 4.02. The second-order valence-electron chi connectivity index (χ2n) is 4.37. The molecule has 84 valence electrons. The third kappa shape index (κ3) is 2.72. The SMILES string of the molecule is C=C1CCCC1CC(=O)Nc1ccccc1. The molecule has 1 fully saturated rings. The van der Waals surface area contributed by atoms with Crippen LogP contribution in [-0.4, -0.2) is 5.91 Å². The molecule has 0 aliphatic heterocycles. The highest BCUT2D eigenvalue weighted by molar-refractivity contribution is 5.91. The zero-order valence-corrected chi connectivity index (χ0v) is 9.41. The molecule has 1 N–H and O–H groups in total. The molecule has 2 nitrogen and oxygen atoms in total. The van der Waals surface area contributed by atoms with Crippen molar-refractivity contribution in [3.05, 3.63) is 42.5 Å². The highest BCUT2D eigenvalue weighted by Gasteiger charge is 2.21. The van der Waals surface area contributed by atoms with Crippen LogP contribution in [0.3, 0.4) is 0 Å². The van der Waals surface area contributed by atoms with Gasteiger partial charge in [0.15, 0.2) is 0 Å². The molecule has 0 spiro atoms. The Kier molecular flexibility index (Phi) is 3.40. The molecule has 0 bridgehead atoms. The second kappa shape index (κ2) is 4.97. The third-order valence-corrected chi connectivity index (χ3v) is 3.12. The highest BCUT2D eigenvalue weighted by Crippen LogP contribution is 2.32. The van der Waals surface area contributed by atoms with Crippen LogP contribution in [-0.2, 0) is 4.79 Å². The van der Waals surface area contributed by atoms with Crippen LogP contribution in [0.15, 0.2) is 42.5 Å². The van der Waals surface area contributed by atoms with Crippen molar-refractivity contribution in [2.24, 2.45) is 5.92 Å². The van der Waals surface area contributed by atoms with Gasteiger partial charge in [-0.05, 0) is 37.3 Å². The standard InChI is InChI=1S/C14H17NO/c1-11-6-5-7-12(11)10-14(16)15-13-8-3-2-4-9-13/h2-4,8-9,12H,1,5-7,10H2,(H,15,16). The molecule has 1 aromatic rings. The lowest BCUT2D eigenvalue weighted by Gasteiger charge is -2.11. The van der Waals surface area contributed by atoms with E-state index < -0.39 is 0 Å². The molecule has 1 aromatic carbocycles. The van der Waals surface area contributed by atoms with Crippen molar-refractivity contribution in [2.75, 3.05) is 5.32 Å². The van der Waals surface area contributed by atoms with Crippen molar-refractivity contribution >= 4 is 11.6 Å². The lowest BCUT2D eigenvalue weighted by Crippen LogP contribution is -2.15. The highest BCUT2D eigenvalue weighted by atomic mass is 16.1. The second-order valence-corrected chi connectivity index (χ2v) is 4.37. The van der Waals surface area contributed by atoms with Crippen LogP contribution in [0.25, 0.3) is 0 Å². The van der Waals surface area contributed by atoms with Gasteiger partial charge in [-0.15, -0.1) is 0 Å². The number of benzene rings is 1. The Morgan fingerprint density at radius 3 is 2.75 bits per heavy atom. The first-order valence-electron chi connectivity index (χ1n) is 5.78. The van der Waals surface area contributed by atoms with Crippen molar-refractivity contribution in [3.63, 3.8) is 0 Å². The largest absolute Gasteiger partial charge is 0.326 e. The van der Waals surface area contributed by atoms with E-state index >= 15 is 0 Å². The first-order chi connectivity index (χ1) is 7.75. The van der Waals surface area contributed by atoms with Crippen LogP contribution < -0.4 is 5.32 Å². The number of allylic oxidation sites excluding steroid dienone is 1. The minimum absolute atomic E-state index is 0.0965.